The number of nitro benzene ring substituents is 1. The fraction of sp³-hybridized carbons (Fsp3) is 0.111. The van der Waals surface area contributed by atoms with Crippen LogP contribution in [0.3, 0.4) is 0 Å². The van der Waals surface area contributed by atoms with Gasteiger partial charge in [0.05, 0.1) is 4.92 Å². The first kappa shape index (κ1) is 11.3. The van der Waals surface area contributed by atoms with Gasteiger partial charge in [-0.1, -0.05) is 22.5 Å². The number of halogens is 1. The highest BCUT2D eigenvalue weighted by atomic mass is 79.9. The molecule has 0 saturated heterocycles. The summed E-state index contributed by atoms with van der Waals surface area (Å²) in [5, 5.41) is 10.4. The van der Waals surface area contributed by atoms with Gasteiger partial charge >= 0.3 is 0 Å². The van der Waals surface area contributed by atoms with Crippen LogP contribution < -0.4 is 0 Å². The van der Waals surface area contributed by atoms with Crippen LogP contribution in [-0.2, 0) is 0 Å². The smallest absolute Gasteiger partial charge is 0.258 e. The van der Waals surface area contributed by atoms with Crippen molar-refractivity contribution in [2.45, 2.75) is 4.90 Å². The van der Waals surface area contributed by atoms with Crippen LogP contribution in [-0.4, -0.2) is 10.7 Å². The molecular weight excluding hydrogens is 266 g/mol. The van der Waals surface area contributed by atoms with Crippen LogP contribution in [0.1, 0.15) is 0 Å². The second-order valence-corrected chi connectivity index (χ2v) is 4.73. The number of hydrogen-bond donors (Lipinski definition) is 0. The predicted octanol–water partition coefficient (Wildman–Crippen LogP) is 3.60. The van der Waals surface area contributed by atoms with Crippen molar-refractivity contribution in [3.8, 4) is 0 Å². The summed E-state index contributed by atoms with van der Waals surface area (Å²) < 4.78 is 0.904. The Hall–Kier alpha value is -0.810. The van der Waals surface area contributed by atoms with Gasteiger partial charge in [0.25, 0.3) is 5.69 Å². The third kappa shape index (κ3) is 3.51. The van der Waals surface area contributed by atoms with Gasteiger partial charge in [-0.2, -0.15) is 0 Å². The number of benzene rings is 1. The van der Waals surface area contributed by atoms with E-state index in [0.717, 1.165) is 15.1 Å². The largest absolute Gasteiger partial charge is 0.269 e. The number of hydrogen-bond acceptors (Lipinski definition) is 3. The maximum Gasteiger partial charge on any atom is 0.269 e. The molecule has 0 N–H and O–H groups in total. The van der Waals surface area contributed by atoms with Gasteiger partial charge in [0.1, 0.15) is 0 Å². The van der Waals surface area contributed by atoms with Crippen LogP contribution in [0.4, 0.5) is 5.69 Å². The lowest BCUT2D eigenvalue weighted by Crippen LogP contribution is -1.86. The van der Waals surface area contributed by atoms with Crippen LogP contribution in [0.25, 0.3) is 0 Å². The Labute approximate surface area is 94.5 Å². The van der Waals surface area contributed by atoms with Gasteiger partial charge in [-0.3, -0.25) is 10.1 Å². The molecule has 0 aromatic heterocycles. The van der Waals surface area contributed by atoms with Crippen molar-refractivity contribution in [1.29, 1.82) is 0 Å². The van der Waals surface area contributed by atoms with Gasteiger partial charge < -0.3 is 0 Å². The molecule has 1 aromatic carbocycles. The van der Waals surface area contributed by atoms with Crippen molar-refractivity contribution in [2.75, 3.05) is 5.75 Å². The van der Waals surface area contributed by atoms with Crippen LogP contribution in [0.5, 0.6) is 0 Å². The molecule has 0 heterocycles. The third-order valence-corrected chi connectivity index (χ3v) is 3.19. The number of thioether (sulfide) groups is 1. The van der Waals surface area contributed by atoms with E-state index >= 15 is 0 Å². The lowest BCUT2D eigenvalue weighted by Gasteiger charge is -1.99. The molecule has 0 spiro atoms. The van der Waals surface area contributed by atoms with Crippen LogP contribution in [0.2, 0.25) is 0 Å². The maximum atomic E-state index is 10.4. The van der Waals surface area contributed by atoms with Gasteiger partial charge in [-0.25, -0.2) is 0 Å². The maximum absolute atomic E-state index is 10.4. The molecule has 5 heteroatoms. The highest BCUT2D eigenvalue weighted by Crippen LogP contribution is 2.24. The molecule has 0 saturated carbocycles. The van der Waals surface area contributed by atoms with E-state index < -0.39 is 4.92 Å². The minimum absolute atomic E-state index is 0.118. The molecule has 0 unspecified atom stereocenters. The average molecular weight is 274 g/mol. The molecule has 0 aliphatic rings. The Kier molecular flexibility index (Phi) is 4.16. The molecule has 3 nitrogen and oxygen atoms in total. The van der Waals surface area contributed by atoms with E-state index in [1.807, 2.05) is 0 Å². The van der Waals surface area contributed by atoms with Gasteiger partial charge in [-0.15, -0.1) is 11.8 Å². The fourth-order valence-electron chi connectivity index (χ4n) is 0.826. The zero-order valence-electron chi connectivity index (χ0n) is 7.27. The summed E-state index contributed by atoms with van der Waals surface area (Å²) in [7, 11) is 0. The molecule has 0 atom stereocenters. The summed E-state index contributed by atoms with van der Waals surface area (Å²) in [6.07, 6.45) is 0. The highest BCUT2D eigenvalue weighted by molar-refractivity contribution is 9.11. The van der Waals surface area contributed by atoms with Gasteiger partial charge in [-0.05, 0) is 16.6 Å². The summed E-state index contributed by atoms with van der Waals surface area (Å²) in [5.41, 5.74) is 0.118. The Morgan fingerprint density at radius 1 is 1.50 bits per heavy atom. The number of nitrogens with zero attached hydrogens (tertiary/aromatic N) is 1. The second kappa shape index (κ2) is 5.17. The first-order valence-electron chi connectivity index (χ1n) is 3.80. The Balaban J connectivity index is 2.64. The number of nitro groups is 1. The van der Waals surface area contributed by atoms with E-state index in [4.69, 9.17) is 0 Å². The lowest BCUT2D eigenvalue weighted by molar-refractivity contribution is -0.384. The van der Waals surface area contributed by atoms with Crippen molar-refractivity contribution in [3.05, 3.63) is 45.4 Å². The van der Waals surface area contributed by atoms with Crippen LogP contribution in [0, 0.1) is 10.1 Å². The molecule has 1 rings (SSSR count). The molecule has 0 radical (unpaired) electrons. The van der Waals surface area contributed by atoms with Crippen LogP contribution >= 0.6 is 27.7 Å². The van der Waals surface area contributed by atoms with Gasteiger partial charge in [0.2, 0.25) is 0 Å². The van der Waals surface area contributed by atoms with Gasteiger partial charge in [0.15, 0.2) is 0 Å². The quantitative estimate of drug-likeness (QED) is 0.478. The van der Waals surface area contributed by atoms with Gasteiger partial charge in [0, 0.05) is 22.8 Å². The lowest BCUT2D eigenvalue weighted by atomic mass is 10.3. The van der Waals surface area contributed by atoms with Crippen molar-refractivity contribution in [3.63, 3.8) is 0 Å². The highest BCUT2D eigenvalue weighted by Gasteiger charge is 2.03. The molecule has 14 heavy (non-hydrogen) atoms. The normalized spacial score (nSPS) is 9.79. The van der Waals surface area contributed by atoms with Crippen LogP contribution in [0.15, 0.2) is 40.2 Å². The molecule has 1 aromatic rings. The van der Waals surface area contributed by atoms with E-state index in [1.165, 1.54) is 12.1 Å². The van der Waals surface area contributed by atoms with E-state index in [1.54, 1.807) is 23.9 Å². The first-order chi connectivity index (χ1) is 6.59. The number of non-ortho nitro benzene ring substituents is 1. The third-order valence-electron chi connectivity index (χ3n) is 1.44. The SMILES string of the molecule is C=C(Br)CSc1ccc([N+](=O)[O-])cc1. The molecule has 0 aliphatic carbocycles. The van der Waals surface area contributed by atoms with E-state index in [0.29, 0.717) is 0 Å². The topological polar surface area (TPSA) is 43.1 Å². The average Bonchev–Trinajstić information content (AvgIpc) is 2.15. The fourth-order valence-corrected chi connectivity index (χ4v) is 1.82. The monoisotopic (exact) mass is 273 g/mol. The summed E-state index contributed by atoms with van der Waals surface area (Å²) >= 11 is 4.83. The Morgan fingerprint density at radius 3 is 2.50 bits per heavy atom. The van der Waals surface area contributed by atoms with E-state index in [2.05, 4.69) is 22.5 Å². The van der Waals surface area contributed by atoms with E-state index in [-0.39, 0.29) is 5.69 Å². The molecule has 0 amide bonds. The first-order valence-corrected chi connectivity index (χ1v) is 5.58. The number of rotatable bonds is 4. The molecule has 74 valence electrons. The minimum atomic E-state index is -0.405. The Morgan fingerprint density at radius 2 is 2.07 bits per heavy atom. The minimum Gasteiger partial charge on any atom is -0.258 e. The van der Waals surface area contributed by atoms with E-state index in [9.17, 15) is 10.1 Å². The summed E-state index contributed by atoms with van der Waals surface area (Å²) in [6, 6.07) is 6.47. The molecule has 0 fully saturated rings. The van der Waals surface area contributed by atoms with Crippen molar-refractivity contribution < 1.29 is 4.92 Å². The second-order valence-electron chi connectivity index (χ2n) is 2.56. The summed E-state index contributed by atoms with van der Waals surface area (Å²) in [6.45, 7) is 3.70. The van der Waals surface area contributed by atoms with Crippen molar-refractivity contribution in [1.82, 2.24) is 0 Å². The molecular formula is C9H8BrNO2S. The summed E-state index contributed by atoms with van der Waals surface area (Å²) in [5.74, 6) is 0.762. The Bertz CT molecular complexity index is 350. The van der Waals surface area contributed by atoms with Crippen molar-refractivity contribution >= 4 is 33.4 Å². The predicted molar refractivity (Wildman–Crippen MR) is 61.9 cm³/mol. The standard InChI is InChI=1S/C9H8BrNO2S/c1-7(10)6-14-9-4-2-8(3-5-9)11(12)13/h2-5H,1,6H2. The zero-order chi connectivity index (χ0) is 10.6. The molecule has 0 bridgehead atoms. The summed E-state index contributed by atoms with van der Waals surface area (Å²) in [4.78, 5) is 10.9. The van der Waals surface area contributed by atoms with Crippen molar-refractivity contribution in [2.24, 2.45) is 0 Å². The molecule has 0 aliphatic heterocycles. The zero-order valence-corrected chi connectivity index (χ0v) is 9.68.